The van der Waals surface area contributed by atoms with Gasteiger partial charge in [0.05, 0.1) is 5.54 Å². The molecule has 2 aliphatic heterocycles. The lowest BCUT2D eigenvalue weighted by atomic mass is 9.84. The van der Waals surface area contributed by atoms with Gasteiger partial charge in [-0.2, -0.15) is 0 Å². The van der Waals surface area contributed by atoms with Crippen LogP contribution < -0.4 is 10.0 Å². The largest absolute Gasteiger partial charge is 0.598 e. The molecule has 1 unspecified atom stereocenters. The van der Waals surface area contributed by atoms with Crippen molar-refractivity contribution < 1.29 is 28.1 Å². The van der Waals surface area contributed by atoms with E-state index < -0.39 is 45.4 Å². The van der Waals surface area contributed by atoms with E-state index in [4.69, 9.17) is 4.74 Å². The third kappa shape index (κ3) is 4.73. The summed E-state index contributed by atoms with van der Waals surface area (Å²) in [5.41, 5.74) is 0.437. The van der Waals surface area contributed by atoms with Gasteiger partial charge in [-0.05, 0) is 76.5 Å². The Balaban J connectivity index is 1.59. The lowest BCUT2D eigenvalue weighted by molar-refractivity contribution is -0.145. The summed E-state index contributed by atoms with van der Waals surface area (Å²) in [7, 11) is 0. The first-order valence-corrected chi connectivity index (χ1v) is 12.9. The molecule has 2 heterocycles. The number of barbiturate groups is 1. The number of benzene rings is 1. The van der Waals surface area contributed by atoms with Crippen LogP contribution in [0.1, 0.15) is 64.0 Å². The van der Waals surface area contributed by atoms with E-state index in [1.54, 1.807) is 6.07 Å². The van der Waals surface area contributed by atoms with Gasteiger partial charge in [0.1, 0.15) is 16.5 Å². The summed E-state index contributed by atoms with van der Waals surface area (Å²) in [5.74, 6) is -2.49. The van der Waals surface area contributed by atoms with Crippen LogP contribution in [0, 0.1) is 11.7 Å². The Morgan fingerprint density at radius 3 is 2.65 bits per heavy atom. The summed E-state index contributed by atoms with van der Waals surface area (Å²) in [6.45, 7) is 6.45. The number of hydrogen-bond acceptors (Lipinski definition) is 6. The summed E-state index contributed by atoms with van der Waals surface area (Å²) in [6.07, 6.45) is 2.46. The standard InChI is InChI=1S/C24H32FN3O5S/c1-23(2,3)34(32)27-24(11-7-16-18(24)5-4-6-19(16)25)12-8-17-20(29)26-22(31)28(21(17)30)15-9-13-33-14-10-15/h4-6,15,17,27H,7-14H2,1-3H3,(H,26,29,31)/t17-,24+,34?/m0/s1. The fourth-order valence-electron chi connectivity index (χ4n) is 5.05. The molecule has 4 rings (SSSR count). The number of imide groups is 2. The van der Waals surface area contributed by atoms with E-state index >= 15 is 0 Å². The molecule has 0 aromatic heterocycles. The molecular formula is C24H32FN3O5S. The topological polar surface area (TPSA) is 111 Å². The number of nitrogens with zero attached hydrogens (tertiary/aromatic N) is 1. The van der Waals surface area contributed by atoms with Crippen molar-refractivity contribution in [3.8, 4) is 0 Å². The Bertz CT molecular complexity index is 978. The molecule has 0 spiro atoms. The van der Waals surface area contributed by atoms with Crippen molar-refractivity contribution in [2.24, 2.45) is 5.92 Å². The van der Waals surface area contributed by atoms with Gasteiger partial charge in [-0.1, -0.05) is 12.1 Å². The smallest absolute Gasteiger partial charge is 0.331 e. The molecule has 3 atom stereocenters. The zero-order valence-corrected chi connectivity index (χ0v) is 20.6. The molecule has 8 nitrogen and oxygen atoms in total. The maximum Gasteiger partial charge on any atom is 0.331 e. The van der Waals surface area contributed by atoms with Crippen molar-refractivity contribution in [1.29, 1.82) is 0 Å². The fraction of sp³-hybridized carbons (Fsp3) is 0.625. The van der Waals surface area contributed by atoms with Crippen molar-refractivity contribution in [2.45, 2.75) is 75.6 Å². The number of carbonyl (C=O) groups excluding carboxylic acids is 3. The first kappa shape index (κ1) is 25.1. The van der Waals surface area contributed by atoms with Gasteiger partial charge < -0.3 is 9.29 Å². The van der Waals surface area contributed by atoms with E-state index in [1.807, 2.05) is 26.8 Å². The second kappa shape index (κ2) is 9.56. The maximum atomic E-state index is 14.5. The van der Waals surface area contributed by atoms with Gasteiger partial charge in [0.25, 0.3) is 0 Å². The van der Waals surface area contributed by atoms with Crippen LogP contribution in [0.25, 0.3) is 0 Å². The summed E-state index contributed by atoms with van der Waals surface area (Å²) >= 11 is -1.46. The number of ether oxygens (including phenoxy) is 1. The molecule has 3 aliphatic rings. The average molecular weight is 494 g/mol. The molecule has 186 valence electrons. The van der Waals surface area contributed by atoms with Gasteiger partial charge in [-0.25, -0.2) is 9.18 Å². The van der Waals surface area contributed by atoms with Gasteiger partial charge >= 0.3 is 6.03 Å². The Labute approximate surface area is 202 Å². The monoisotopic (exact) mass is 493 g/mol. The van der Waals surface area contributed by atoms with Crippen molar-refractivity contribution in [2.75, 3.05) is 13.2 Å². The Hall–Kier alpha value is -2.01. The predicted octanol–water partition coefficient (Wildman–Crippen LogP) is 2.67. The summed E-state index contributed by atoms with van der Waals surface area (Å²) in [6, 6.07) is 3.86. The van der Waals surface area contributed by atoms with Crippen LogP contribution in [0.5, 0.6) is 0 Å². The molecule has 1 aromatic carbocycles. The van der Waals surface area contributed by atoms with Crippen molar-refractivity contribution in [3.05, 3.63) is 35.1 Å². The van der Waals surface area contributed by atoms with Crippen molar-refractivity contribution in [1.82, 2.24) is 14.9 Å². The molecule has 0 saturated carbocycles. The number of halogens is 1. The third-order valence-corrected chi connectivity index (χ3v) is 8.69. The minimum Gasteiger partial charge on any atom is -0.598 e. The Morgan fingerprint density at radius 2 is 1.97 bits per heavy atom. The van der Waals surface area contributed by atoms with E-state index in [0.29, 0.717) is 56.4 Å². The summed E-state index contributed by atoms with van der Waals surface area (Å²) in [5, 5.41) is 2.33. The van der Waals surface area contributed by atoms with Gasteiger partial charge in [0.15, 0.2) is 0 Å². The van der Waals surface area contributed by atoms with Gasteiger partial charge in [-0.15, -0.1) is 4.72 Å². The summed E-state index contributed by atoms with van der Waals surface area (Å²) < 4.78 is 35.7. The van der Waals surface area contributed by atoms with Crippen LogP contribution in [-0.4, -0.2) is 51.3 Å². The molecule has 0 radical (unpaired) electrons. The molecule has 1 aliphatic carbocycles. The van der Waals surface area contributed by atoms with E-state index in [0.717, 1.165) is 0 Å². The zero-order valence-electron chi connectivity index (χ0n) is 19.8. The average Bonchev–Trinajstić information content (AvgIpc) is 3.13. The Morgan fingerprint density at radius 1 is 1.26 bits per heavy atom. The lowest BCUT2D eigenvalue weighted by Crippen LogP contribution is -2.62. The lowest BCUT2D eigenvalue weighted by Gasteiger charge is -2.39. The number of rotatable bonds is 6. The molecule has 1 aromatic rings. The number of carbonyl (C=O) groups is 3. The van der Waals surface area contributed by atoms with Crippen LogP contribution in [0.2, 0.25) is 0 Å². The van der Waals surface area contributed by atoms with Crippen LogP contribution in [-0.2, 0) is 37.6 Å². The minimum atomic E-state index is -1.46. The second-order valence-corrected chi connectivity index (χ2v) is 12.2. The van der Waals surface area contributed by atoms with E-state index in [9.17, 15) is 23.3 Å². The maximum absolute atomic E-state index is 14.5. The van der Waals surface area contributed by atoms with Crippen molar-refractivity contribution in [3.63, 3.8) is 0 Å². The highest BCUT2D eigenvalue weighted by Gasteiger charge is 2.49. The molecule has 10 heteroatoms. The normalized spacial score (nSPS) is 27.0. The predicted molar refractivity (Wildman–Crippen MR) is 124 cm³/mol. The number of hydrogen-bond donors (Lipinski definition) is 2. The molecule has 4 amide bonds. The molecule has 2 N–H and O–H groups in total. The van der Waals surface area contributed by atoms with E-state index in [1.165, 1.54) is 11.0 Å². The number of urea groups is 1. The first-order chi connectivity index (χ1) is 16.0. The SMILES string of the molecule is CC(C)(C)[S+]([O-])N[C@@]1(CC[C@H]2C(=O)NC(=O)N(C3CCOCC3)C2=O)CCc2c(F)cccc21. The fourth-order valence-corrected chi connectivity index (χ4v) is 6.02. The second-order valence-electron chi connectivity index (χ2n) is 10.3. The number of amides is 4. The van der Waals surface area contributed by atoms with Gasteiger partial charge in [0.2, 0.25) is 11.8 Å². The third-order valence-electron chi connectivity index (χ3n) is 7.00. The molecule has 34 heavy (non-hydrogen) atoms. The summed E-state index contributed by atoms with van der Waals surface area (Å²) in [4.78, 5) is 39.6. The highest BCUT2D eigenvalue weighted by atomic mass is 32.2. The zero-order chi connectivity index (χ0) is 24.7. The van der Waals surface area contributed by atoms with Gasteiger partial charge in [-0.3, -0.25) is 19.8 Å². The first-order valence-electron chi connectivity index (χ1n) is 11.8. The molecule has 0 bridgehead atoms. The van der Waals surface area contributed by atoms with Crippen LogP contribution in [0.4, 0.5) is 9.18 Å². The molecule has 2 fully saturated rings. The Kier molecular flexibility index (Phi) is 7.06. The number of fused-ring (bicyclic) bond motifs is 1. The van der Waals surface area contributed by atoms with Crippen LogP contribution >= 0.6 is 0 Å². The minimum absolute atomic E-state index is 0.141. The molecular weight excluding hydrogens is 461 g/mol. The molecule has 2 saturated heterocycles. The number of nitrogens with one attached hydrogen (secondary N) is 2. The van der Waals surface area contributed by atoms with E-state index in [-0.39, 0.29) is 18.3 Å². The highest BCUT2D eigenvalue weighted by molar-refractivity contribution is 7.90. The quantitative estimate of drug-likeness (QED) is 0.466. The van der Waals surface area contributed by atoms with Crippen LogP contribution in [0.15, 0.2) is 18.2 Å². The van der Waals surface area contributed by atoms with Crippen LogP contribution in [0.3, 0.4) is 0 Å². The van der Waals surface area contributed by atoms with E-state index in [2.05, 4.69) is 10.0 Å². The highest BCUT2D eigenvalue weighted by Crippen LogP contribution is 2.43. The van der Waals surface area contributed by atoms with Crippen molar-refractivity contribution >= 4 is 29.2 Å². The van der Waals surface area contributed by atoms with Gasteiger partial charge in [0, 0.05) is 30.6 Å².